The molecule has 1 aliphatic rings. The molecule has 0 bridgehead atoms. The molecule has 0 unspecified atom stereocenters. The lowest BCUT2D eigenvalue weighted by Gasteiger charge is -2.32. The number of rotatable bonds is 5. The molecule has 6 heteroatoms. The van der Waals surface area contributed by atoms with E-state index in [1.54, 1.807) is 32.4 Å². The lowest BCUT2D eigenvalue weighted by Crippen LogP contribution is -2.40. The molecule has 1 aromatic carbocycles. The molecule has 0 radical (unpaired) electrons. The molecule has 22 heavy (non-hydrogen) atoms. The normalized spacial score (nSPS) is 15.1. The first-order valence-corrected chi connectivity index (χ1v) is 7.35. The van der Waals surface area contributed by atoms with Gasteiger partial charge in [0.1, 0.15) is 11.5 Å². The summed E-state index contributed by atoms with van der Waals surface area (Å²) < 4.78 is 10.5. The Morgan fingerprint density at radius 1 is 1.27 bits per heavy atom. The van der Waals surface area contributed by atoms with Crippen molar-refractivity contribution < 1.29 is 14.3 Å². The number of hydrogen-bond acceptors (Lipinski definition) is 4. The van der Waals surface area contributed by atoms with Gasteiger partial charge in [-0.3, -0.25) is 4.79 Å². The highest BCUT2D eigenvalue weighted by Gasteiger charge is 2.25. The number of likely N-dealkylation sites (tertiary alicyclic amines) is 1. The molecule has 1 heterocycles. The van der Waals surface area contributed by atoms with Crippen LogP contribution in [0.3, 0.4) is 0 Å². The molecule has 0 saturated carbocycles. The van der Waals surface area contributed by atoms with Crippen LogP contribution >= 0.6 is 12.4 Å². The van der Waals surface area contributed by atoms with Crippen LogP contribution in [0.15, 0.2) is 18.2 Å². The summed E-state index contributed by atoms with van der Waals surface area (Å²) in [6.45, 7) is 2.61. The van der Waals surface area contributed by atoms with Crippen LogP contribution in [0.5, 0.6) is 11.5 Å². The quantitative estimate of drug-likeness (QED) is 0.900. The van der Waals surface area contributed by atoms with Gasteiger partial charge in [0.15, 0.2) is 0 Å². The molecule has 0 atom stereocenters. The minimum absolute atomic E-state index is 0. The minimum atomic E-state index is 0. The van der Waals surface area contributed by atoms with Crippen molar-refractivity contribution in [2.45, 2.75) is 12.8 Å². The molecule has 5 nitrogen and oxygen atoms in total. The van der Waals surface area contributed by atoms with E-state index in [-0.39, 0.29) is 18.3 Å². The summed E-state index contributed by atoms with van der Waals surface area (Å²) in [7, 11) is 5.15. The van der Waals surface area contributed by atoms with Crippen molar-refractivity contribution in [2.24, 2.45) is 5.92 Å². The standard InChI is InChI=1S/C16H24N2O3.ClH/c1-17-11-12-6-8-18(9-7-12)16(19)14-10-13(20-2)4-5-15(14)21-3;/h4-5,10,12,17H,6-9,11H2,1-3H3;1H. The predicted octanol–water partition coefficient (Wildman–Crippen LogP) is 2.20. The van der Waals surface area contributed by atoms with Gasteiger partial charge in [-0.05, 0) is 50.6 Å². The van der Waals surface area contributed by atoms with Crippen LogP contribution in [0.1, 0.15) is 23.2 Å². The highest BCUT2D eigenvalue weighted by atomic mass is 35.5. The van der Waals surface area contributed by atoms with Crippen molar-refractivity contribution in [1.29, 1.82) is 0 Å². The number of benzene rings is 1. The number of halogens is 1. The van der Waals surface area contributed by atoms with Gasteiger partial charge < -0.3 is 19.7 Å². The highest BCUT2D eigenvalue weighted by molar-refractivity contribution is 5.97. The summed E-state index contributed by atoms with van der Waals surface area (Å²) >= 11 is 0. The fraction of sp³-hybridized carbons (Fsp3) is 0.562. The van der Waals surface area contributed by atoms with Gasteiger partial charge in [0.05, 0.1) is 19.8 Å². The van der Waals surface area contributed by atoms with Crippen LogP contribution < -0.4 is 14.8 Å². The lowest BCUT2D eigenvalue weighted by molar-refractivity contribution is 0.0687. The number of ether oxygens (including phenoxy) is 2. The van der Waals surface area contributed by atoms with Crippen LogP contribution in [-0.4, -0.2) is 51.7 Å². The molecule has 1 amide bonds. The van der Waals surface area contributed by atoms with Gasteiger partial charge in [-0.2, -0.15) is 0 Å². The fourth-order valence-corrected chi connectivity index (χ4v) is 2.78. The Kier molecular flexibility index (Phi) is 7.48. The van der Waals surface area contributed by atoms with E-state index in [2.05, 4.69) is 5.32 Å². The molecule has 1 aromatic rings. The van der Waals surface area contributed by atoms with E-state index in [0.717, 1.165) is 32.5 Å². The first-order valence-electron chi connectivity index (χ1n) is 7.35. The SMILES string of the molecule is CNCC1CCN(C(=O)c2cc(OC)ccc2OC)CC1.Cl. The van der Waals surface area contributed by atoms with Gasteiger partial charge in [-0.1, -0.05) is 0 Å². The maximum atomic E-state index is 12.7. The molecule has 0 spiro atoms. The first kappa shape index (κ1) is 18.6. The molecule has 1 aliphatic heterocycles. The largest absolute Gasteiger partial charge is 0.497 e. The number of hydrogen-bond donors (Lipinski definition) is 1. The van der Waals surface area contributed by atoms with Crippen molar-refractivity contribution in [3.63, 3.8) is 0 Å². The number of amides is 1. The number of piperidine rings is 1. The monoisotopic (exact) mass is 328 g/mol. The average Bonchev–Trinajstić information content (AvgIpc) is 2.54. The molecule has 1 fully saturated rings. The maximum absolute atomic E-state index is 12.7. The van der Waals surface area contributed by atoms with E-state index in [1.807, 2.05) is 11.9 Å². The number of carbonyl (C=O) groups is 1. The van der Waals surface area contributed by atoms with Gasteiger partial charge in [0.25, 0.3) is 5.91 Å². The van der Waals surface area contributed by atoms with Crippen LogP contribution in [0, 0.1) is 5.92 Å². The molecule has 1 saturated heterocycles. The molecular weight excluding hydrogens is 304 g/mol. The van der Waals surface area contributed by atoms with E-state index >= 15 is 0 Å². The summed E-state index contributed by atoms with van der Waals surface area (Å²) in [4.78, 5) is 14.6. The second-order valence-corrected chi connectivity index (χ2v) is 5.36. The zero-order valence-corrected chi connectivity index (χ0v) is 14.2. The van der Waals surface area contributed by atoms with Gasteiger partial charge in [-0.15, -0.1) is 12.4 Å². The predicted molar refractivity (Wildman–Crippen MR) is 89.3 cm³/mol. The van der Waals surface area contributed by atoms with E-state index in [9.17, 15) is 4.79 Å². The zero-order chi connectivity index (χ0) is 15.2. The number of carbonyl (C=O) groups excluding carboxylic acids is 1. The molecule has 2 rings (SSSR count). The third-order valence-electron chi connectivity index (χ3n) is 4.03. The topological polar surface area (TPSA) is 50.8 Å². The van der Waals surface area contributed by atoms with Crippen molar-refractivity contribution in [1.82, 2.24) is 10.2 Å². The Morgan fingerprint density at radius 3 is 2.50 bits per heavy atom. The first-order chi connectivity index (χ1) is 10.2. The van der Waals surface area contributed by atoms with Crippen molar-refractivity contribution in [2.75, 3.05) is 40.9 Å². The molecular formula is C16H25ClN2O3. The van der Waals surface area contributed by atoms with Crippen molar-refractivity contribution in [3.8, 4) is 11.5 Å². The summed E-state index contributed by atoms with van der Waals surface area (Å²) in [6, 6.07) is 5.33. The van der Waals surface area contributed by atoms with E-state index < -0.39 is 0 Å². The van der Waals surface area contributed by atoms with Crippen LogP contribution in [-0.2, 0) is 0 Å². The van der Waals surface area contributed by atoms with Gasteiger partial charge in [0, 0.05) is 13.1 Å². The number of nitrogens with zero attached hydrogens (tertiary/aromatic N) is 1. The number of nitrogens with one attached hydrogen (secondary N) is 1. The Labute approximate surface area is 138 Å². The summed E-state index contributed by atoms with van der Waals surface area (Å²) in [5.41, 5.74) is 0.573. The van der Waals surface area contributed by atoms with Crippen molar-refractivity contribution in [3.05, 3.63) is 23.8 Å². The summed E-state index contributed by atoms with van der Waals surface area (Å²) in [5.74, 6) is 1.95. The highest BCUT2D eigenvalue weighted by Crippen LogP contribution is 2.27. The van der Waals surface area contributed by atoms with Gasteiger partial charge in [-0.25, -0.2) is 0 Å². The number of methoxy groups -OCH3 is 2. The Hall–Kier alpha value is -1.46. The summed E-state index contributed by atoms with van der Waals surface area (Å²) in [6.07, 6.45) is 2.08. The Bertz CT molecular complexity index is 488. The third kappa shape index (κ3) is 4.27. The smallest absolute Gasteiger partial charge is 0.257 e. The molecule has 124 valence electrons. The molecule has 0 aliphatic carbocycles. The van der Waals surface area contributed by atoms with Gasteiger partial charge >= 0.3 is 0 Å². The summed E-state index contributed by atoms with van der Waals surface area (Å²) in [5, 5.41) is 3.21. The average molecular weight is 329 g/mol. The molecule has 1 N–H and O–H groups in total. The second kappa shape index (κ2) is 8.86. The second-order valence-electron chi connectivity index (χ2n) is 5.36. The van der Waals surface area contributed by atoms with Crippen LogP contribution in [0.2, 0.25) is 0 Å². The van der Waals surface area contributed by atoms with Crippen LogP contribution in [0.4, 0.5) is 0 Å². The van der Waals surface area contributed by atoms with E-state index in [0.29, 0.717) is 23.0 Å². The third-order valence-corrected chi connectivity index (χ3v) is 4.03. The van der Waals surface area contributed by atoms with Crippen molar-refractivity contribution >= 4 is 18.3 Å². The van der Waals surface area contributed by atoms with Crippen LogP contribution in [0.25, 0.3) is 0 Å². The fourth-order valence-electron chi connectivity index (χ4n) is 2.78. The maximum Gasteiger partial charge on any atom is 0.257 e. The van der Waals surface area contributed by atoms with Gasteiger partial charge in [0.2, 0.25) is 0 Å². The molecule has 0 aromatic heterocycles. The Morgan fingerprint density at radius 2 is 1.95 bits per heavy atom. The lowest BCUT2D eigenvalue weighted by atomic mass is 9.96. The Balaban J connectivity index is 0.00000242. The van der Waals surface area contributed by atoms with E-state index in [4.69, 9.17) is 9.47 Å². The zero-order valence-electron chi connectivity index (χ0n) is 13.4. The van der Waals surface area contributed by atoms with E-state index in [1.165, 1.54) is 0 Å². The minimum Gasteiger partial charge on any atom is -0.497 e.